The molecule has 0 saturated heterocycles. The van der Waals surface area contributed by atoms with E-state index in [0.717, 1.165) is 11.1 Å². The molecule has 0 bridgehead atoms. The van der Waals surface area contributed by atoms with Crippen LogP contribution >= 0.6 is 0 Å². The highest BCUT2D eigenvalue weighted by Crippen LogP contribution is 2.47. The molecule has 1 aromatic carbocycles. The van der Waals surface area contributed by atoms with Crippen molar-refractivity contribution >= 4 is 0 Å². The standard InChI is InChI=1S/C13H12F2N2O/c1-8-2-4-9(5-3-8)11-16-12(18-17-11)10-6-13(14,15)7-10/h2-5,10H,6-7H2,1H3. The van der Waals surface area contributed by atoms with Crippen molar-refractivity contribution in [2.45, 2.75) is 31.6 Å². The van der Waals surface area contributed by atoms with Crippen molar-refractivity contribution in [2.75, 3.05) is 0 Å². The van der Waals surface area contributed by atoms with Gasteiger partial charge >= 0.3 is 0 Å². The zero-order valence-electron chi connectivity index (χ0n) is 9.86. The Hall–Kier alpha value is -1.78. The van der Waals surface area contributed by atoms with Crippen LogP contribution < -0.4 is 0 Å². The number of benzene rings is 1. The molecule has 1 saturated carbocycles. The predicted molar refractivity (Wildman–Crippen MR) is 61.4 cm³/mol. The molecule has 94 valence electrons. The van der Waals surface area contributed by atoms with Crippen molar-refractivity contribution in [3.63, 3.8) is 0 Å². The topological polar surface area (TPSA) is 38.9 Å². The van der Waals surface area contributed by atoms with Crippen LogP contribution in [0.25, 0.3) is 11.4 Å². The van der Waals surface area contributed by atoms with E-state index in [0.29, 0.717) is 11.7 Å². The molecule has 1 aliphatic carbocycles. The maximum absolute atomic E-state index is 12.8. The lowest BCUT2D eigenvalue weighted by Crippen LogP contribution is -2.33. The van der Waals surface area contributed by atoms with Gasteiger partial charge in [0.2, 0.25) is 17.6 Å². The van der Waals surface area contributed by atoms with Crippen LogP contribution in [0.15, 0.2) is 28.8 Å². The van der Waals surface area contributed by atoms with E-state index in [2.05, 4.69) is 10.1 Å². The molecule has 1 fully saturated rings. The molecule has 3 rings (SSSR count). The van der Waals surface area contributed by atoms with E-state index in [1.54, 1.807) is 0 Å². The minimum atomic E-state index is -2.57. The van der Waals surface area contributed by atoms with Crippen molar-refractivity contribution in [1.82, 2.24) is 10.1 Å². The van der Waals surface area contributed by atoms with Crippen LogP contribution in [0.1, 0.15) is 30.2 Å². The SMILES string of the molecule is Cc1ccc(-c2noc(C3CC(F)(F)C3)n2)cc1. The number of aromatic nitrogens is 2. The molecular weight excluding hydrogens is 238 g/mol. The minimum absolute atomic E-state index is 0.192. The summed E-state index contributed by atoms with van der Waals surface area (Å²) in [4.78, 5) is 4.19. The predicted octanol–water partition coefficient (Wildman–Crippen LogP) is 3.56. The van der Waals surface area contributed by atoms with Gasteiger partial charge in [-0.3, -0.25) is 0 Å². The van der Waals surface area contributed by atoms with E-state index in [4.69, 9.17) is 4.52 Å². The van der Waals surface area contributed by atoms with Gasteiger partial charge in [-0.25, -0.2) is 8.78 Å². The van der Waals surface area contributed by atoms with Crippen LogP contribution in [0, 0.1) is 6.92 Å². The number of halogens is 2. The van der Waals surface area contributed by atoms with E-state index in [9.17, 15) is 8.78 Å². The minimum Gasteiger partial charge on any atom is -0.339 e. The first-order valence-electron chi connectivity index (χ1n) is 5.82. The van der Waals surface area contributed by atoms with Gasteiger partial charge in [-0.1, -0.05) is 35.0 Å². The first-order chi connectivity index (χ1) is 8.53. The fourth-order valence-electron chi connectivity index (χ4n) is 2.06. The van der Waals surface area contributed by atoms with E-state index in [1.807, 2.05) is 31.2 Å². The quantitative estimate of drug-likeness (QED) is 0.818. The van der Waals surface area contributed by atoms with Gasteiger partial charge in [0.1, 0.15) is 0 Å². The largest absolute Gasteiger partial charge is 0.339 e. The number of nitrogens with zero attached hydrogens (tertiary/aromatic N) is 2. The Morgan fingerprint density at radius 3 is 2.50 bits per heavy atom. The average molecular weight is 250 g/mol. The molecule has 0 spiro atoms. The Balaban J connectivity index is 1.80. The molecule has 0 unspecified atom stereocenters. The highest BCUT2D eigenvalue weighted by molar-refractivity contribution is 5.54. The van der Waals surface area contributed by atoms with Crippen LogP contribution in [-0.4, -0.2) is 16.1 Å². The summed E-state index contributed by atoms with van der Waals surface area (Å²) in [6.07, 6.45) is -0.384. The molecule has 1 aliphatic rings. The van der Waals surface area contributed by atoms with Crippen LogP contribution in [-0.2, 0) is 0 Å². The van der Waals surface area contributed by atoms with Gasteiger partial charge < -0.3 is 4.52 Å². The van der Waals surface area contributed by atoms with Gasteiger partial charge in [0.05, 0.1) is 0 Å². The van der Waals surface area contributed by atoms with E-state index in [-0.39, 0.29) is 18.8 Å². The van der Waals surface area contributed by atoms with Crippen molar-refractivity contribution in [2.24, 2.45) is 0 Å². The molecule has 0 amide bonds. The summed E-state index contributed by atoms with van der Waals surface area (Å²) in [5.41, 5.74) is 1.97. The second-order valence-electron chi connectivity index (χ2n) is 4.78. The zero-order valence-corrected chi connectivity index (χ0v) is 9.86. The monoisotopic (exact) mass is 250 g/mol. The molecular formula is C13H12F2N2O. The number of hydrogen-bond acceptors (Lipinski definition) is 3. The Kier molecular flexibility index (Phi) is 2.43. The van der Waals surface area contributed by atoms with Crippen LogP contribution in [0.4, 0.5) is 8.78 Å². The first-order valence-corrected chi connectivity index (χ1v) is 5.82. The summed E-state index contributed by atoms with van der Waals surface area (Å²) in [6, 6.07) is 7.67. The lowest BCUT2D eigenvalue weighted by Gasteiger charge is -2.31. The highest BCUT2D eigenvalue weighted by atomic mass is 19.3. The maximum Gasteiger partial charge on any atom is 0.249 e. The number of alkyl halides is 2. The molecule has 0 N–H and O–H groups in total. The third-order valence-electron chi connectivity index (χ3n) is 3.19. The highest BCUT2D eigenvalue weighted by Gasteiger charge is 2.48. The molecule has 5 heteroatoms. The van der Waals surface area contributed by atoms with Crippen LogP contribution in [0.5, 0.6) is 0 Å². The summed E-state index contributed by atoms with van der Waals surface area (Å²) in [5.74, 6) is -2.09. The van der Waals surface area contributed by atoms with Crippen molar-refractivity contribution in [3.05, 3.63) is 35.7 Å². The lowest BCUT2D eigenvalue weighted by molar-refractivity contribution is -0.0925. The maximum atomic E-state index is 12.8. The molecule has 1 aromatic heterocycles. The fourth-order valence-corrected chi connectivity index (χ4v) is 2.06. The number of hydrogen-bond donors (Lipinski definition) is 0. The number of rotatable bonds is 2. The van der Waals surface area contributed by atoms with Crippen molar-refractivity contribution < 1.29 is 13.3 Å². The fraction of sp³-hybridized carbons (Fsp3) is 0.385. The van der Waals surface area contributed by atoms with Gasteiger partial charge in [-0.15, -0.1) is 0 Å². The van der Waals surface area contributed by atoms with Crippen molar-refractivity contribution in [3.8, 4) is 11.4 Å². The van der Waals surface area contributed by atoms with E-state index >= 15 is 0 Å². The Labute approximate surface area is 103 Å². The summed E-state index contributed by atoms with van der Waals surface area (Å²) in [5, 5.41) is 3.84. The van der Waals surface area contributed by atoms with E-state index < -0.39 is 5.92 Å². The lowest BCUT2D eigenvalue weighted by atomic mass is 9.81. The normalized spacial score (nSPS) is 18.6. The van der Waals surface area contributed by atoms with E-state index in [1.165, 1.54) is 0 Å². The number of aryl methyl sites for hydroxylation is 1. The molecule has 0 atom stereocenters. The molecule has 3 nitrogen and oxygen atoms in total. The molecule has 18 heavy (non-hydrogen) atoms. The first kappa shape index (κ1) is 11.3. The second kappa shape index (κ2) is 3.86. The van der Waals surface area contributed by atoms with Crippen LogP contribution in [0.2, 0.25) is 0 Å². The Bertz CT molecular complexity index is 555. The summed E-state index contributed by atoms with van der Waals surface area (Å²) < 4.78 is 30.6. The summed E-state index contributed by atoms with van der Waals surface area (Å²) in [7, 11) is 0. The van der Waals surface area contributed by atoms with Gasteiger partial charge in [0.15, 0.2) is 0 Å². The van der Waals surface area contributed by atoms with Gasteiger partial charge in [0, 0.05) is 24.3 Å². The average Bonchev–Trinajstić information content (AvgIpc) is 2.76. The third-order valence-corrected chi connectivity index (χ3v) is 3.19. The van der Waals surface area contributed by atoms with Gasteiger partial charge in [-0.05, 0) is 6.92 Å². The molecule has 2 aromatic rings. The van der Waals surface area contributed by atoms with Gasteiger partial charge in [-0.2, -0.15) is 4.98 Å². The summed E-state index contributed by atoms with van der Waals surface area (Å²) in [6.45, 7) is 1.99. The van der Waals surface area contributed by atoms with Crippen molar-refractivity contribution in [1.29, 1.82) is 0 Å². The molecule has 1 heterocycles. The second-order valence-corrected chi connectivity index (χ2v) is 4.78. The smallest absolute Gasteiger partial charge is 0.249 e. The molecule has 0 radical (unpaired) electrons. The molecule has 0 aliphatic heterocycles. The Morgan fingerprint density at radius 1 is 1.22 bits per heavy atom. The third kappa shape index (κ3) is 2.00. The Morgan fingerprint density at radius 2 is 1.89 bits per heavy atom. The summed E-state index contributed by atoms with van der Waals surface area (Å²) >= 11 is 0. The van der Waals surface area contributed by atoms with Crippen LogP contribution in [0.3, 0.4) is 0 Å². The zero-order chi connectivity index (χ0) is 12.8. The van der Waals surface area contributed by atoms with Gasteiger partial charge in [0.25, 0.3) is 0 Å².